The Hall–Kier alpha value is -3.15. The largest absolute Gasteiger partial charge is 0.478 e. The minimum absolute atomic E-state index is 0.111. The Kier molecular flexibility index (Phi) is 4.99. The molecule has 6 heteroatoms. The fourth-order valence-corrected chi connectivity index (χ4v) is 3.64. The van der Waals surface area contributed by atoms with Crippen molar-refractivity contribution in [1.82, 2.24) is 5.32 Å². The quantitative estimate of drug-likeness (QED) is 0.871. The SMILES string of the molecule is Cc1cc(C)c(N2CCC(NC(=O)c3ccc(C(=O)O)cc3)C2=O)c(C)c1. The van der Waals surface area contributed by atoms with Gasteiger partial charge in [-0.25, -0.2) is 4.79 Å². The molecule has 1 aliphatic rings. The summed E-state index contributed by atoms with van der Waals surface area (Å²) in [6.45, 7) is 6.54. The lowest BCUT2D eigenvalue weighted by Crippen LogP contribution is -2.41. The molecule has 1 unspecified atom stereocenters. The molecule has 1 aliphatic heterocycles. The van der Waals surface area contributed by atoms with Gasteiger partial charge in [0.2, 0.25) is 5.91 Å². The second-order valence-electron chi connectivity index (χ2n) is 6.93. The maximum absolute atomic E-state index is 12.8. The first-order valence-electron chi connectivity index (χ1n) is 8.81. The molecule has 2 aromatic carbocycles. The molecule has 1 atom stereocenters. The molecule has 0 radical (unpaired) electrons. The van der Waals surface area contributed by atoms with Crippen LogP contribution in [-0.4, -0.2) is 35.5 Å². The van der Waals surface area contributed by atoms with Gasteiger partial charge in [-0.15, -0.1) is 0 Å². The second-order valence-corrected chi connectivity index (χ2v) is 6.93. The zero-order valence-electron chi connectivity index (χ0n) is 15.6. The average Bonchev–Trinajstić information content (AvgIpc) is 2.95. The highest BCUT2D eigenvalue weighted by atomic mass is 16.4. The van der Waals surface area contributed by atoms with Gasteiger partial charge in [-0.05, 0) is 62.6 Å². The summed E-state index contributed by atoms with van der Waals surface area (Å²) in [5.41, 5.74) is 4.58. The molecular weight excluding hydrogens is 344 g/mol. The van der Waals surface area contributed by atoms with Gasteiger partial charge in [-0.3, -0.25) is 9.59 Å². The highest BCUT2D eigenvalue weighted by Crippen LogP contribution is 2.30. The third-order valence-electron chi connectivity index (χ3n) is 4.81. The van der Waals surface area contributed by atoms with E-state index in [0.717, 1.165) is 22.4 Å². The molecule has 0 spiro atoms. The number of carboxylic acid groups (broad SMARTS) is 1. The van der Waals surface area contributed by atoms with Crippen LogP contribution in [0.2, 0.25) is 0 Å². The summed E-state index contributed by atoms with van der Waals surface area (Å²) in [5, 5.41) is 11.7. The third kappa shape index (κ3) is 3.69. The molecule has 2 N–H and O–H groups in total. The number of hydrogen-bond donors (Lipinski definition) is 2. The van der Waals surface area contributed by atoms with Gasteiger partial charge >= 0.3 is 5.97 Å². The number of nitrogens with zero attached hydrogens (tertiary/aromatic N) is 1. The van der Waals surface area contributed by atoms with E-state index in [0.29, 0.717) is 18.5 Å². The third-order valence-corrected chi connectivity index (χ3v) is 4.81. The smallest absolute Gasteiger partial charge is 0.335 e. The fraction of sp³-hybridized carbons (Fsp3) is 0.286. The van der Waals surface area contributed by atoms with Gasteiger partial charge < -0.3 is 15.3 Å². The van der Waals surface area contributed by atoms with Crippen LogP contribution in [0.4, 0.5) is 5.69 Å². The molecule has 1 saturated heterocycles. The lowest BCUT2D eigenvalue weighted by Gasteiger charge is -2.22. The molecule has 3 rings (SSSR count). The summed E-state index contributed by atoms with van der Waals surface area (Å²) in [6, 6.07) is 9.15. The number of carbonyl (C=O) groups excluding carboxylic acids is 2. The normalized spacial score (nSPS) is 16.5. The topological polar surface area (TPSA) is 86.7 Å². The number of aromatic carboxylic acids is 1. The van der Waals surface area contributed by atoms with Crippen LogP contribution in [0.3, 0.4) is 0 Å². The van der Waals surface area contributed by atoms with E-state index in [2.05, 4.69) is 5.32 Å². The van der Waals surface area contributed by atoms with E-state index < -0.39 is 12.0 Å². The molecule has 0 bridgehead atoms. The van der Waals surface area contributed by atoms with Crippen LogP contribution in [-0.2, 0) is 4.79 Å². The van der Waals surface area contributed by atoms with E-state index in [4.69, 9.17) is 5.11 Å². The number of benzene rings is 2. The molecular formula is C21H22N2O4. The van der Waals surface area contributed by atoms with Crippen LogP contribution in [0.15, 0.2) is 36.4 Å². The number of carboxylic acids is 1. The first kappa shape index (κ1) is 18.6. The summed E-state index contributed by atoms with van der Waals surface area (Å²) < 4.78 is 0. The molecule has 0 aromatic heterocycles. The first-order valence-corrected chi connectivity index (χ1v) is 8.81. The maximum atomic E-state index is 12.8. The van der Waals surface area contributed by atoms with Gasteiger partial charge in [-0.1, -0.05) is 17.7 Å². The lowest BCUT2D eigenvalue weighted by molar-refractivity contribution is -0.118. The minimum Gasteiger partial charge on any atom is -0.478 e. The number of anilines is 1. The number of hydrogen-bond acceptors (Lipinski definition) is 3. The van der Waals surface area contributed by atoms with Gasteiger partial charge in [0.15, 0.2) is 0 Å². The van der Waals surface area contributed by atoms with Crippen molar-refractivity contribution in [3.05, 3.63) is 64.2 Å². The van der Waals surface area contributed by atoms with E-state index in [1.165, 1.54) is 24.3 Å². The zero-order chi connectivity index (χ0) is 19.7. The number of nitrogens with one attached hydrogen (secondary N) is 1. The number of amides is 2. The van der Waals surface area contributed by atoms with E-state index in [9.17, 15) is 14.4 Å². The Morgan fingerprint density at radius 2 is 1.59 bits per heavy atom. The van der Waals surface area contributed by atoms with E-state index >= 15 is 0 Å². The molecule has 0 saturated carbocycles. The standard InChI is InChI=1S/C21H22N2O4/c1-12-10-13(2)18(14(3)11-12)23-9-8-17(20(23)25)22-19(24)15-4-6-16(7-5-15)21(26)27/h4-7,10-11,17H,8-9H2,1-3H3,(H,22,24)(H,26,27). The molecule has 6 nitrogen and oxygen atoms in total. The van der Waals surface area contributed by atoms with Crippen molar-refractivity contribution in [3.63, 3.8) is 0 Å². The van der Waals surface area contributed by atoms with Gasteiger partial charge in [0.1, 0.15) is 6.04 Å². The van der Waals surface area contributed by atoms with E-state index in [1.807, 2.05) is 32.9 Å². The summed E-state index contributed by atoms with van der Waals surface area (Å²) in [5.74, 6) is -1.56. The van der Waals surface area contributed by atoms with Crippen molar-refractivity contribution in [1.29, 1.82) is 0 Å². The van der Waals surface area contributed by atoms with Crippen molar-refractivity contribution in [2.75, 3.05) is 11.4 Å². The van der Waals surface area contributed by atoms with Crippen LogP contribution < -0.4 is 10.2 Å². The van der Waals surface area contributed by atoms with Crippen molar-refractivity contribution in [2.24, 2.45) is 0 Å². The molecule has 0 aliphatic carbocycles. The number of carbonyl (C=O) groups is 3. The number of aryl methyl sites for hydroxylation is 3. The maximum Gasteiger partial charge on any atom is 0.335 e. The predicted molar refractivity (Wildman–Crippen MR) is 102 cm³/mol. The molecule has 2 aromatic rings. The molecule has 27 heavy (non-hydrogen) atoms. The molecule has 140 valence electrons. The second kappa shape index (κ2) is 7.23. The Morgan fingerprint density at radius 1 is 1.04 bits per heavy atom. The summed E-state index contributed by atoms with van der Waals surface area (Å²) >= 11 is 0. The molecule has 2 amide bonds. The predicted octanol–water partition coefficient (Wildman–Crippen LogP) is 2.85. The Balaban J connectivity index is 1.74. The van der Waals surface area contributed by atoms with Gasteiger partial charge in [0, 0.05) is 17.8 Å². The lowest BCUT2D eigenvalue weighted by atomic mass is 10.0. The highest BCUT2D eigenvalue weighted by molar-refractivity contribution is 6.04. The highest BCUT2D eigenvalue weighted by Gasteiger charge is 2.35. The van der Waals surface area contributed by atoms with Crippen molar-refractivity contribution < 1.29 is 19.5 Å². The van der Waals surface area contributed by atoms with Crippen LogP contribution in [0.5, 0.6) is 0 Å². The number of rotatable bonds is 4. The summed E-state index contributed by atoms with van der Waals surface area (Å²) in [4.78, 5) is 37.9. The van der Waals surface area contributed by atoms with Gasteiger partial charge in [0.25, 0.3) is 5.91 Å². The average molecular weight is 366 g/mol. The van der Waals surface area contributed by atoms with Crippen molar-refractivity contribution in [2.45, 2.75) is 33.2 Å². The zero-order valence-corrected chi connectivity index (χ0v) is 15.6. The summed E-state index contributed by atoms with van der Waals surface area (Å²) in [6.07, 6.45) is 0.532. The van der Waals surface area contributed by atoms with Crippen molar-refractivity contribution >= 4 is 23.5 Å². The Labute approximate surface area is 157 Å². The van der Waals surface area contributed by atoms with Crippen LogP contribution in [0.25, 0.3) is 0 Å². The van der Waals surface area contributed by atoms with E-state index in [-0.39, 0.29) is 17.4 Å². The Morgan fingerprint density at radius 3 is 2.15 bits per heavy atom. The van der Waals surface area contributed by atoms with Gasteiger partial charge in [-0.2, -0.15) is 0 Å². The Bertz CT molecular complexity index is 895. The molecule has 1 heterocycles. The molecule has 1 fully saturated rings. The van der Waals surface area contributed by atoms with Crippen LogP contribution in [0, 0.1) is 20.8 Å². The van der Waals surface area contributed by atoms with E-state index in [1.54, 1.807) is 4.90 Å². The monoisotopic (exact) mass is 366 g/mol. The fourth-order valence-electron chi connectivity index (χ4n) is 3.64. The van der Waals surface area contributed by atoms with Gasteiger partial charge in [0.05, 0.1) is 5.56 Å². The minimum atomic E-state index is -1.05. The summed E-state index contributed by atoms with van der Waals surface area (Å²) in [7, 11) is 0. The first-order chi connectivity index (χ1) is 12.8. The van der Waals surface area contributed by atoms with Crippen LogP contribution >= 0.6 is 0 Å². The van der Waals surface area contributed by atoms with Crippen molar-refractivity contribution in [3.8, 4) is 0 Å². The van der Waals surface area contributed by atoms with Crippen LogP contribution in [0.1, 0.15) is 43.8 Å².